The zero-order chi connectivity index (χ0) is 19.4. The average molecular weight is 359 g/mol. The molecule has 3 rings (SSSR count). The van der Waals surface area contributed by atoms with Gasteiger partial charge in [0, 0.05) is 12.4 Å². The number of benzene rings is 2. The molecule has 0 aliphatic rings. The quantitative estimate of drug-likeness (QED) is 0.712. The highest BCUT2D eigenvalue weighted by molar-refractivity contribution is 5.97. The van der Waals surface area contributed by atoms with Gasteiger partial charge in [-0.05, 0) is 53.4 Å². The Morgan fingerprint density at radius 1 is 1.22 bits per heavy atom. The van der Waals surface area contributed by atoms with Crippen molar-refractivity contribution in [2.45, 2.75) is 19.8 Å². The number of nitriles is 1. The third kappa shape index (κ3) is 4.06. The van der Waals surface area contributed by atoms with Gasteiger partial charge in [-0.1, -0.05) is 31.5 Å². The maximum Gasteiger partial charge on any atom is 0.323 e. The van der Waals surface area contributed by atoms with E-state index in [4.69, 9.17) is 5.11 Å². The molecule has 2 aromatic carbocycles. The highest BCUT2D eigenvalue weighted by Crippen LogP contribution is 2.32. The number of nitrogens with zero attached hydrogens (tertiary/aromatic N) is 3. The lowest BCUT2D eigenvalue weighted by Gasteiger charge is -2.18. The molecule has 0 spiro atoms. The molecule has 0 aliphatic heterocycles. The highest BCUT2D eigenvalue weighted by atomic mass is 16.4. The Balaban J connectivity index is 2.23. The number of anilines is 1. The molecule has 0 aliphatic carbocycles. The van der Waals surface area contributed by atoms with Crippen LogP contribution in [0.15, 0.2) is 48.5 Å². The van der Waals surface area contributed by atoms with Gasteiger partial charge in [-0.3, -0.25) is 4.79 Å². The second-order valence-corrected chi connectivity index (χ2v) is 6.57. The lowest BCUT2D eigenvalue weighted by Crippen LogP contribution is -2.26. The molecule has 1 heterocycles. The summed E-state index contributed by atoms with van der Waals surface area (Å²) in [5.74, 6) is -0.323. The van der Waals surface area contributed by atoms with Gasteiger partial charge in [0.05, 0.1) is 17.1 Å². The topological polar surface area (TPSA) is 77.2 Å². The molecule has 0 fully saturated rings. The van der Waals surface area contributed by atoms with E-state index >= 15 is 0 Å². The van der Waals surface area contributed by atoms with E-state index in [1.165, 1.54) is 5.56 Å². The van der Waals surface area contributed by atoms with Crippen LogP contribution < -0.4 is 4.90 Å². The number of aromatic nitrogens is 1. The summed E-state index contributed by atoms with van der Waals surface area (Å²) in [7, 11) is 1.71. The predicted molar refractivity (Wildman–Crippen MR) is 107 cm³/mol. The molecule has 0 amide bonds. The van der Waals surface area contributed by atoms with Crippen molar-refractivity contribution < 1.29 is 9.90 Å². The fourth-order valence-corrected chi connectivity index (χ4v) is 3.18. The Morgan fingerprint density at radius 3 is 2.74 bits per heavy atom. The number of carbonyl (C=O) groups is 1. The summed E-state index contributed by atoms with van der Waals surface area (Å²) in [6, 6.07) is 17.7. The number of rotatable bonds is 6. The van der Waals surface area contributed by atoms with E-state index in [0.29, 0.717) is 11.4 Å². The van der Waals surface area contributed by atoms with Crippen LogP contribution in [0, 0.1) is 11.3 Å². The zero-order valence-electron chi connectivity index (χ0n) is 15.4. The second-order valence-electron chi connectivity index (χ2n) is 6.57. The van der Waals surface area contributed by atoms with Crippen LogP contribution in [0.3, 0.4) is 0 Å². The Labute approximate surface area is 158 Å². The average Bonchev–Trinajstić information content (AvgIpc) is 2.67. The first kappa shape index (κ1) is 18.4. The minimum absolute atomic E-state index is 0.135. The second kappa shape index (κ2) is 7.88. The number of pyridine rings is 1. The Bertz CT molecular complexity index is 1040. The molecule has 27 heavy (non-hydrogen) atoms. The molecule has 1 N–H and O–H groups in total. The molecule has 3 aromatic rings. The van der Waals surface area contributed by atoms with Gasteiger partial charge in [0.1, 0.15) is 12.4 Å². The fraction of sp³-hybridized carbons (Fsp3) is 0.227. The smallest absolute Gasteiger partial charge is 0.323 e. The summed E-state index contributed by atoms with van der Waals surface area (Å²) in [5, 5.41) is 19.3. The molecule has 0 saturated heterocycles. The standard InChI is InChI=1S/C22H21N3O2/c1-3-5-15-8-9-20-19(11-15)18(17-7-4-6-16(10-17)13-23)12-21(24-20)25(2)14-22(26)27/h4,6-12H,3,5,14H2,1-2H3,(H,26,27). The normalized spacial score (nSPS) is 10.6. The zero-order valence-corrected chi connectivity index (χ0v) is 15.4. The number of hydrogen-bond donors (Lipinski definition) is 1. The van der Waals surface area contributed by atoms with Gasteiger partial charge in [0.2, 0.25) is 0 Å². The maximum absolute atomic E-state index is 11.1. The summed E-state index contributed by atoms with van der Waals surface area (Å²) in [4.78, 5) is 17.4. The van der Waals surface area contributed by atoms with Gasteiger partial charge >= 0.3 is 5.97 Å². The van der Waals surface area contributed by atoms with Crippen LogP contribution >= 0.6 is 0 Å². The van der Waals surface area contributed by atoms with E-state index in [2.05, 4.69) is 30.1 Å². The molecule has 5 heteroatoms. The van der Waals surface area contributed by atoms with Crippen LogP contribution in [-0.4, -0.2) is 29.7 Å². The minimum atomic E-state index is -0.911. The van der Waals surface area contributed by atoms with E-state index in [1.807, 2.05) is 30.3 Å². The summed E-state index contributed by atoms with van der Waals surface area (Å²) < 4.78 is 0. The lowest BCUT2D eigenvalue weighted by molar-refractivity contribution is -0.135. The molecule has 5 nitrogen and oxygen atoms in total. The van der Waals surface area contributed by atoms with Crippen molar-refractivity contribution >= 4 is 22.7 Å². The van der Waals surface area contributed by atoms with Crippen molar-refractivity contribution in [1.29, 1.82) is 5.26 Å². The van der Waals surface area contributed by atoms with Crippen LogP contribution in [0.1, 0.15) is 24.5 Å². The molecule has 0 atom stereocenters. The van der Waals surface area contributed by atoms with Crippen LogP contribution in [0.4, 0.5) is 5.82 Å². The monoisotopic (exact) mass is 359 g/mol. The minimum Gasteiger partial charge on any atom is -0.480 e. The third-order valence-electron chi connectivity index (χ3n) is 4.46. The van der Waals surface area contributed by atoms with Crippen molar-refractivity contribution in [2.24, 2.45) is 0 Å². The van der Waals surface area contributed by atoms with E-state index in [1.54, 1.807) is 18.0 Å². The van der Waals surface area contributed by atoms with Crippen molar-refractivity contribution in [1.82, 2.24) is 4.98 Å². The molecule has 1 aromatic heterocycles. The first-order valence-corrected chi connectivity index (χ1v) is 8.89. The van der Waals surface area contributed by atoms with E-state index < -0.39 is 5.97 Å². The molecule has 0 saturated carbocycles. The third-order valence-corrected chi connectivity index (χ3v) is 4.46. The highest BCUT2D eigenvalue weighted by Gasteiger charge is 2.13. The number of likely N-dealkylation sites (N-methyl/N-ethyl adjacent to an activating group) is 1. The Hall–Kier alpha value is -3.39. The van der Waals surface area contributed by atoms with Gasteiger partial charge in [-0.25, -0.2) is 4.98 Å². The number of aryl methyl sites for hydroxylation is 1. The molecule has 0 unspecified atom stereocenters. The largest absolute Gasteiger partial charge is 0.480 e. The number of fused-ring (bicyclic) bond motifs is 1. The SMILES string of the molecule is CCCc1ccc2nc(N(C)CC(=O)O)cc(-c3cccc(C#N)c3)c2c1. The molecular weight excluding hydrogens is 338 g/mol. The van der Waals surface area contributed by atoms with E-state index in [0.717, 1.165) is 34.9 Å². The fourth-order valence-electron chi connectivity index (χ4n) is 3.18. The molecule has 0 radical (unpaired) electrons. The molecule has 0 bridgehead atoms. The van der Waals surface area contributed by atoms with E-state index in [9.17, 15) is 10.1 Å². The number of carboxylic acid groups (broad SMARTS) is 1. The molecule has 136 valence electrons. The Morgan fingerprint density at radius 2 is 2.04 bits per heavy atom. The summed E-state index contributed by atoms with van der Waals surface area (Å²) in [5.41, 5.74) is 4.49. The van der Waals surface area contributed by atoms with Gasteiger partial charge in [0.25, 0.3) is 0 Å². The van der Waals surface area contributed by atoms with Crippen molar-refractivity contribution in [3.63, 3.8) is 0 Å². The summed E-state index contributed by atoms with van der Waals surface area (Å²) >= 11 is 0. The van der Waals surface area contributed by atoms with Gasteiger partial charge in [-0.2, -0.15) is 5.26 Å². The first-order valence-electron chi connectivity index (χ1n) is 8.89. The summed E-state index contributed by atoms with van der Waals surface area (Å²) in [6.45, 7) is 2.01. The predicted octanol–water partition coefficient (Wildman–Crippen LogP) is 4.25. The summed E-state index contributed by atoms with van der Waals surface area (Å²) in [6.07, 6.45) is 2.03. The van der Waals surface area contributed by atoms with Crippen molar-refractivity contribution in [3.8, 4) is 17.2 Å². The van der Waals surface area contributed by atoms with Crippen LogP contribution in [-0.2, 0) is 11.2 Å². The first-order chi connectivity index (χ1) is 13.0. The van der Waals surface area contributed by atoms with Gasteiger partial charge in [-0.15, -0.1) is 0 Å². The van der Waals surface area contributed by atoms with Crippen LogP contribution in [0.5, 0.6) is 0 Å². The number of aliphatic carboxylic acids is 1. The van der Waals surface area contributed by atoms with Crippen molar-refractivity contribution in [2.75, 3.05) is 18.5 Å². The Kier molecular flexibility index (Phi) is 5.37. The number of hydrogen-bond acceptors (Lipinski definition) is 4. The maximum atomic E-state index is 11.1. The molecular formula is C22H21N3O2. The van der Waals surface area contributed by atoms with Crippen LogP contribution in [0.2, 0.25) is 0 Å². The van der Waals surface area contributed by atoms with Crippen molar-refractivity contribution in [3.05, 3.63) is 59.7 Å². The van der Waals surface area contributed by atoms with E-state index in [-0.39, 0.29) is 6.54 Å². The number of carboxylic acids is 1. The van der Waals surface area contributed by atoms with Gasteiger partial charge in [0.15, 0.2) is 0 Å². The van der Waals surface area contributed by atoms with Gasteiger partial charge < -0.3 is 10.0 Å². The van der Waals surface area contributed by atoms with Crippen LogP contribution in [0.25, 0.3) is 22.0 Å². The lowest BCUT2D eigenvalue weighted by atomic mass is 9.97.